The van der Waals surface area contributed by atoms with E-state index >= 15 is 0 Å². The van der Waals surface area contributed by atoms with Crippen LogP contribution in [0.5, 0.6) is 5.75 Å². The van der Waals surface area contributed by atoms with Gasteiger partial charge in [0.2, 0.25) is 5.91 Å². The minimum absolute atomic E-state index is 0.0547. The summed E-state index contributed by atoms with van der Waals surface area (Å²) in [7, 11) is 0. The van der Waals surface area contributed by atoms with Crippen molar-refractivity contribution in [2.45, 2.75) is 45.6 Å². The lowest BCUT2D eigenvalue weighted by Gasteiger charge is -2.20. The molecule has 1 unspecified atom stereocenters. The number of fused-ring (bicyclic) bond motifs is 1. The minimum Gasteiger partial charge on any atom is -0.493 e. The third kappa shape index (κ3) is 4.66. The lowest BCUT2D eigenvalue weighted by atomic mass is 10.1. The number of rotatable bonds is 9. The Morgan fingerprint density at radius 3 is 2.72 bits per heavy atom. The van der Waals surface area contributed by atoms with E-state index in [0.29, 0.717) is 19.6 Å². The van der Waals surface area contributed by atoms with E-state index in [-0.39, 0.29) is 11.8 Å². The smallest absolute Gasteiger partial charge is 0.227 e. The molecule has 5 rings (SSSR count). The highest BCUT2D eigenvalue weighted by Crippen LogP contribution is 2.35. The molecule has 4 aromatic rings. The monoisotopic (exact) mass is 479 g/mol. The van der Waals surface area contributed by atoms with Gasteiger partial charge in [-0.25, -0.2) is 4.98 Å². The maximum atomic E-state index is 13.1. The fraction of sp³-hybridized carbons (Fsp3) is 0.290. The number of benzene rings is 3. The van der Waals surface area contributed by atoms with Crippen LogP contribution in [0.2, 0.25) is 0 Å². The molecular weight excluding hydrogens is 446 g/mol. The molecule has 5 heteroatoms. The molecule has 1 fully saturated rings. The van der Waals surface area contributed by atoms with Crippen LogP contribution in [0.3, 0.4) is 0 Å². The van der Waals surface area contributed by atoms with Gasteiger partial charge in [-0.1, -0.05) is 48.5 Å². The number of aryl methyl sites for hydroxylation is 2. The van der Waals surface area contributed by atoms with Gasteiger partial charge >= 0.3 is 0 Å². The molecule has 0 bridgehead atoms. The fourth-order valence-corrected chi connectivity index (χ4v) is 5.16. The van der Waals surface area contributed by atoms with Gasteiger partial charge in [0.25, 0.3) is 0 Å². The van der Waals surface area contributed by atoms with Crippen LogP contribution in [-0.4, -0.2) is 28.6 Å². The third-order valence-electron chi connectivity index (χ3n) is 7.16. The van der Waals surface area contributed by atoms with Crippen molar-refractivity contribution >= 4 is 22.6 Å². The van der Waals surface area contributed by atoms with Crippen molar-refractivity contribution in [3.63, 3.8) is 0 Å². The van der Waals surface area contributed by atoms with Crippen molar-refractivity contribution in [1.82, 2.24) is 9.55 Å². The van der Waals surface area contributed by atoms with Gasteiger partial charge in [0.1, 0.15) is 11.6 Å². The van der Waals surface area contributed by atoms with Crippen molar-refractivity contribution < 1.29 is 9.53 Å². The summed E-state index contributed by atoms with van der Waals surface area (Å²) < 4.78 is 8.43. The van der Waals surface area contributed by atoms with Gasteiger partial charge in [0.05, 0.1) is 17.6 Å². The summed E-state index contributed by atoms with van der Waals surface area (Å²) in [5.41, 5.74) is 6.60. The highest BCUT2D eigenvalue weighted by atomic mass is 16.5. The number of para-hydroxylation sites is 3. The van der Waals surface area contributed by atoms with Crippen LogP contribution in [0.25, 0.3) is 11.0 Å². The van der Waals surface area contributed by atoms with Crippen LogP contribution in [0.4, 0.5) is 5.69 Å². The number of hydrogen-bond donors (Lipinski definition) is 0. The maximum Gasteiger partial charge on any atom is 0.227 e. The number of amides is 1. The molecule has 1 saturated heterocycles. The van der Waals surface area contributed by atoms with Crippen LogP contribution in [0, 0.1) is 13.8 Å². The van der Waals surface area contributed by atoms with E-state index in [9.17, 15) is 4.79 Å². The van der Waals surface area contributed by atoms with E-state index in [0.717, 1.165) is 58.8 Å². The number of aromatic nitrogens is 2. The Bertz CT molecular complexity index is 1400. The molecule has 1 aliphatic rings. The average Bonchev–Trinajstić information content (AvgIpc) is 3.45. The molecule has 36 heavy (non-hydrogen) atoms. The Morgan fingerprint density at radius 1 is 1.06 bits per heavy atom. The van der Waals surface area contributed by atoms with Crippen LogP contribution < -0.4 is 9.64 Å². The molecule has 1 aromatic heterocycles. The molecule has 0 spiro atoms. The zero-order valence-electron chi connectivity index (χ0n) is 21.1. The van der Waals surface area contributed by atoms with Crippen LogP contribution >= 0.6 is 0 Å². The summed E-state index contributed by atoms with van der Waals surface area (Å²) >= 11 is 0. The summed E-state index contributed by atoms with van der Waals surface area (Å²) in [5, 5.41) is 0. The van der Waals surface area contributed by atoms with Crippen LogP contribution in [-0.2, 0) is 17.8 Å². The van der Waals surface area contributed by atoms with E-state index in [2.05, 4.69) is 55.3 Å². The number of ether oxygens (including phenoxy) is 1. The number of nitrogens with zero attached hydrogens (tertiary/aromatic N) is 3. The van der Waals surface area contributed by atoms with E-state index in [1.807, 2.05) is 47.4 Å². The first-order chi connectivity index (χ1) is 17.6. The van der Waals surface area contributed by atoms with Crippen molar-refractivity contribution in [3.05, 3.63) is 102 Å². The molecule has 1 atom stereocenters. The van der Waals surface area contributed by atoms with Crippen molar-refractivity contribution in [3.8, 4) is 5.75 Å². The van der Waals surface area contributed by atoms with Gasteiger partial charge in [0, 0.05) is 31.1 Å². The number of imidazole rings is 1. The molecule has 184 valence electrons. The summed E-state index contributed by atoms with van der Waals surface area (Å²) in [5.74, 6) is 2.12. The van der Waals surface area contributed by atoms with E-state index in [1.54, 1.807) is 0 Å². The summed E-state index contributed by atoms with van der Waals surface area (Å²) in [6, 6.07) is 22.5. The number of allylic oxidation sites excluding steroid dienone is 1. The zero-order valence-corrected chi connectivity index (χ0v) is 21.1. The van der Waals surface area contributed by atoms with Gasteiger partial charge in [0.15, 0.2) is 0 Å². The number of carbonyl (C=O) groups excluding carboxylic acids is 1. The second kappa shape index (κ2) is 10.4. The third-order valence-corrected chi connectivity index (χ3v) is 7.16. The average molecular weight is 480 g/mol. The number of hydrogen-bond acceptors (Lipinski definition) is 3. The Kier molecular flexibility index (Phi) is 6.90. The van der Waals surface area contributed by atoms with Crippen molar-refractivity contribution in [2.24, 2.45) is 0 Å². The predicted octanol–water partition coefficient (Wildman–Crippen LogP) is 6.37. The molecule has 0 radical (unpaired) electrons. The molecule has 5 nitrogen and oxygen atoms in total. The molecule has 3 aromatic carbocycles. The molecule has 2 heterocycles. The SMILES string of the molecule is C=CCc1ccccc1OCCCn1c(C2CC(=O)N(c3cccc(C)c3C)C2)nc2ccccc21. The minimum atomic E-state index is 0.0547. The quantitative estimate of drug-likeness (QED) is 0.207. The second-order valence-corrected chi connectivity index (χ2v) is 9.54. The zero-order chi connectivity index (χ0) is 25.1. The standard InChI is InChI=1S/C31H33N3O2/c1-4-11-24-13-5-8-17-29(24)36-19-10-18-33-28-15-7-6-14-26(28)32-31(33)25-20-30(35)34(21-25)27-16-9-12-22(2)23(27)3/h4-9,12-17,25H,1,10-11,18-21H2,2-3H3. The van der Waals surface area contributed by atoms with Crippen LogP contribution in [0.15, 0.2) is 79.4 Å². The van der Waals surface area contributed by atoms with E-state index in [4.69, 9.17) is 9.72 Å². The summed E-state index contributed by atoms with van der Waals surface area (Å²) in [4.78, 5) is 20.1. The highest BCUT2D eigenvalue weighted by Gasteiger charge is 2.35. The Morgan fingerprint density at radius 2 is 1.86 bits per heavy atom. The Hall–Kier alpha value is -3.86. The van der Waals surface area contributed by atoms with Crippen molar-refractivity contribution in [1.29, 1.82) is 0 Å². The molecule has 0 N–H and O–H groups in total. The predicted molar refractivity (Wildman–Crippen MR) is 146 cm³/mol. The van der Waals surface area contributed by atoms with Gasteiger partial charge in [-0.15, -0.1) is 6.58 Å². The van der Waals surface area contributed by atoms with Crippen LogP contribution in [0.1, 0.15) is 41.3 Å². The number of carbonyl (C=O) groups is 1. The number of anilines is 1. The van der Waals surface area contributed by atoms with E-state index < -0.39 is 0 Å². The largest absolute Gasteiger partial charge is 0.493 e. The lowest BCUT2D eigenvalue weighted by Crippen LogP contribution is -2.25. The van der Waals surface area contributed by atoms with Gasteiger partial charge in [-0.3, -0.25) is 4.79 Å². The summed E-state index contributed by atoms with van der Waals surface area (Å²) in [6.45, 7) is 10.1. The normalized spacial score (nSPS) is 15.6. The Balaban J connectivity index is 1.35. The first-order valence-electron chi connectivity index (χ1n) is 12.7. The summed E-state index contributed by atoms with van der Waals surface area (Å²) in [6.07, 6.45) is 4.01. The molecule has 0 saturated carbocycles. The first-order valence-corrected chi connectivity index (χ1v) is 12.7. The van der Waals surface area contributed by atoms with Crippen molar-refractivity contribution in [2.75, 3.05) is 18.1 Å². The first kappa shape index (κ1) is 23.9. The molecular formula is C31H33N3O2. The fourth-order valence-electron chi connectivity index (χ4n) is 5.16. The molecule has 1 amide bonds. The highest BCUT2D eigenvalue weighted by molar-refractivity contribution is 5.97. The maximum absolute atomic E-state index is 13.1. The Labute approximate surface area is 213 Å². The van der Waals surface area contributed by atoms with E-state index in [1.165, 1.54) is 5.56 Å². The van der Waals surface area contributed by atoms with Gasteiger partial charge < -0.3 is 14.2 Å². The second-order valence-electron chi connectivity index (χ2n) is 9.54. The molecule has 1 aliphatic heterocycles. The topological polar surface area (TPSA) is 47.4 Å². The molecule has 0 aliphatic carbocycles. The van der Waals surface area contributed by atoms with Gasteiger partial charge in [-0.2, -0.15) is 0 Å². The lowest BCUT2D eigenvalue weighted by molar-refractivity contribution is -0.117. The van der Waals surface area contributed by atoms with Gasteiger partial charge in [-0.05, 0) is 67.6 Å².